The van der Waals surface area contributed by atoms with Crippen LogP contribution in [0, 0.1) is 18.8 Å². The number of rotatable bonds is 18. The first-order chi connectivity index (χ1) is 23.9. The Labute approximate surface area is 294 Å². The summed E-state index contributed by atoms with van der Waals surface area (Å²) in [6.45, 7) is 5.49. The molecule has 3 heterocycles. The number of nitrogens with zero attached hydrogens (tertiary/aromatic N) is 4. The van der Waals surface area contributed by atoms with Crippen LogP contribution in [0.2, 0.25) is 0 Å². The van der Waals surface area contributed by atoms with Crippen molar-refractivity contribution in [2.75, 3.05) is 30.5 Å². The minimum Gasteiger partial charge on any atom is -0.447 e. The molecular formula is C33H46N8O8S. The number of alkyl carbamates (subject to hydrolysis) is 1. The van der Waals surface area contributed by atoms with Gasteiger partial charge in [0.1, 0.15) is 37.3 Å². The Hall–Kier alpha value is -4.32. The molecule has 272 valence electrons. The number of ketones is 1. The molecule has 0 bridgehead atoms. The van der Waals surface area contributed by atoms with E-state index in [0.29, 0.717) is 42.1 Å². The maximum atomic E-state index is 13.0. The fourth-order valence-corrected chi connectivity index (χ4v) is 6.02. The minimum absolute atomic E-state index is 0.0854. The third-order valence-electron chi connectivity index (χ3n) is 8.23. The predicted octanol–water partition coefficient (Wildman–Crippen LogP) is 1.44. The van der Waals surface area contributed by atoms with Crippen LogP contribution in [0.3, 0.4) is 0 Å². The van der Waals surface area contributed by atoms with Crippen LogP contribution in [0.15, 0.2) is 36.9 Å². The van der Waals surface area contributed by atoms with E-state index in [0.717, 1.165) is 11.1 Å². The van der Waals surface area contributed by atoms with E-state index in [1.54, 1.807) is 0 Å². The van der Waals surface area contributed by atoms with Crippen molar-refractivity contribution in [2.45, 2.75) is 77.2 Å². The first-order valence-electron chi connectivity index (χ1n) is 16.4. The fourth-order valence-electron chi connectivity index (χ4n) is 5.55. The van der Waals surface area contributed by atoms with E-state index in [1.807, 2.05) is 51.3 Å². The van der Waals surface area contributed by atoms with Gasteiger partial charge in [0.2, 0.25) is 11.8 Å². The number of ether oxygens (including phenoxy) is 2. The van der Waals surface area contributed by atoms with Crippen molar-refractivity contribution in [3.05, 3.63) is 48.0 Å². The Bertz CT molecular complexity index is 1620. The molecule has 1 fully saturated rings. The molecule has 0 radical (unpaired) electrons. The molecule has 3 aromatic rings. The second-order valence-electron chi connectivity index (χ2n) is 12.7. The normalized spacial score (nSPS) is 20.0. The van der Waals surface area contributed by atoms with Crippen LogP contribution in [0.25, 0.3) is 11.2 Å². The third kappa shape index (κ3) is 10.3. The number of thioether (sulfide) groups is 1. The number of aliphatic hydroxyl groups excluding tert-OH is 2. The lowest BCUT2D eigenvalue weighted by atomic mass is 9.91. The zero-order valence-corrected chi connectivity index (χ0v) is 29.4. The molecule has 1 aliphatic heterocycles. The zero-order valence-electron chi connectivity index (χ0n) is 28.6. The average Bonchev–Trinajstić information content (AvgIpc) is 3.63. The van der Waals surface area contributed by atoms with Crippen molar-refractivity contribution in [3.8, 4) is 0 Å². The maximum absolute atomic E-state index is 13.0. The monoisotopic (exact) mass is 714 g/mol. The number of nitrogens with two attached hydrogens (primary N) is 1. The van der Waals surface area contributed by atoms with Crippen LogP contribution in [0.5, 0.6) is 0 Å². The number of imidazole rings is 1. The van der Waals surface area contributed by atoms with Crippen molar-refractivity contribution < 1.29 is 38.9 Å². The number of Topliss-reactive ketones (excluding diaryl/α,β-unsaturated/α-hetero) is 1. The molecule has 0 spiro atoms. The molecule has 6 atom stereocenters. The predicted molar refractivity (Wildman–Crippen MR) is 186 cm³/mol. The van der Waals surface area contributed by atoms with E-state index in [4.69, 9.17) is 15.2 Å². The second-order valence-corrected chi connectivity index (χ2v) is 13.7. The number of amides is 3. The van der Waals surface area contributed by atoms with Gasteiger partial charge in [-0.15, -0.1) is 0 Å². The van der Waals surface area contributed by atoms with Crippen LogP contribution in [-0.2, 0) is 30.4 Å². The molecule has 0 aliphatic carbocycles. The molecule has 17 heteroatoms. The Morgan fingerprint density at radius 1 is 1.10 bits per heavy atom. The first kappa shape index (κ1) is 38.5. The number of hydrogen-bond donors (Lipinski definition) is 6. The van der Waals surface area contributed by atoms with Crippen LogP contribution in [-0.4, -0.2) is 103 Å². The standard InChI is InChI=1S/C33H46N8O8S/c1-18(2)11-21(31(46)40-23(28(34)45)9-10-50-4)12-22(42)14-36-33(47)48-15-24-26(43)27(44)32(49-24)41-17-39-25-29(37-16-38-30(25)41)35-13-20-7-5-19(3)6-8-20/h5-8,16-18,21,23-24,26-27,32,43-44H,9-15H2,1-4H3,(H2,34,45)(H,36,47)(H,40,46)(H,35,37,38)/t21-,23+,24-,26+,27?,32-/m1/s1. The molecule has 1 aromatic carbocycles. The Morgan fingerprint density at radius 2 is 1.84 bits per heavy atom. The van der Waals surface area contributed by atoms with Gasteiger partial charge in [0.25, 0.3) is 0 Å². The number of carbonyl (C=O) groups is 4. The van der Waals surface area contributed by atoms with Crippen LogP contribution >= 0.6 is 11.8 Å². The van der Waals surface area contributed by atoms with Crippen molar-refractivity contribution in [3.63, 3.8) is 0 Å². The molecule has 1 aliphatic rings. The summed E-state index contributed by atoms with van der Waals surface area (Å²) in [6.07, 6.45) is -0.710. The third-order valence-corrected chi connectivity index (χ3v) is 8.87. The Balaban J connectivity index is 1.28. The molecule has 3 amide bonds. The lowest BCUT2D eigenvalue weighted by Gasteiger charge is -2.22. The summed E-state index contributed by atoms with van der Waals surface area (Å²) in [7, 11) is 0. The summed E-state index contributed by atoms with van der Waals surface area (Å²) in [6, 6.07) is 7.20. The van der Waals surface area contributed by atoms with Gasteiger partial charge >= 0.3 is 6.09 Å². The van der Waals surface area contributed by atoms with Crippen molar-refractivity contribution in [1.29, 1.82) is 0 Å². The van der Waals surface area contributed by atoms with Gasteiger partial charge < -0.3 is 41.4 Å². The average molecular weight is 715 g/mol. The quantitative estimate of drug-likeness (QED) is 0.110. The lowest BCUT2D eigenvalue weighted by Crippen LogP contribution is -2.47. The van der Waals surface area contributed by atoms with E-state index >= 15 is 0 Å². The molecule has 0 saturated carbocycles. The number of primary amides is 1. The molecule has 2 aromatic heterocycles. The van der Waals surface area contributed by atoms with Crippen LogP contribution in [0.1, 0.15) is 50.5 Å². The highest BCUT2D eigenvalue weighted by atomic mass is 32.2. The van der Waals surface area contributed by atoms with Gasteiger partial charge in [-0.2, -0.15) is 11.8 Å². The van der Waals surface area contributed by atoms with Crippen molar-refractivity contribution in [2.24, 2.45) is 17.6 Å². The first-order valence-corrected chi connectivity index (χ1v) is 17.8. The maximum Gasteiger partial charge on any atom is 0.407 e. The molecule has 1 unspecified atom stereocenters. The number of benzene rings is 1. The van der Waals surface area contributed by atoms with E-state index < -0.39 is 73.3 Å². The highest BCUT2D eigenvalue weighted by Gasteiger charge is 2.45. The topological polar surface area (TPSA) is 233 Å². The number of aryl methyl sites for hydroxylation is 1. The van der Waals surface area contributed by atoms with Gasteiger partial charge in [0.05, 0.1) is 12.9 Å². The Kier molecular flexibility index (Phi) is 13.9. The molecule has 50 heavy (non-hydrogen) atoms. The molecule has 7 N–H and O–H groups in total. The van der Waals surface area contributed by atoms with Gasteiger partial charge in [-0.3, -0.25) is 19.0 Å². The van der Waals surface area contributed by atoms with E-state index in [9.17, 15) is 29.4 Å². The van der Waals surface area contributed by atoms with Crippen LogP contribution in [0.4, 0.5) is 10.6 Å². The van der Waals surface area contributed by atoms with E-state index in [1.165, 1.54) is 29.0 Å². The molecular weight excluding hydrogens is 668 g/mol. The largest absolute Gasteiger partial charge is 0.447 e. The number of anilines is 1. The summed E-state index contributed by atoms with van der Waals surface area (Å²) in [4.78, 5) is 63.0. The summed E-state index contributed by atoms with van der Waals surface area (Å²) < 4.78 is 12.5. The summed E-state index contributed by atoms with van der Waals surface area (Å²) in [5.41, 5.74) is 8.44. The van der Waals surface area contributed by atoms with Crippen molar-refractivity contribution in [1.82, 2.24) is 30.2 Å². The highest BCUT2D eigenvalue weighted by Crippen LogP contribution is 2.32. The lowest BCUT2D eigenvalue weighted by molar-refractivity contribution is -0.132. The number of carbonyl (C=O) groups excluding carboxylic acids is 4. The Morgan fingerprint density at radius 3 is 2.52 bits per heavy atom. The van der Waals surface area contributed by atoms with Crippen molar-refractivity contribution >= 4 is 52.4 Å². The molecule has 4 rings (SSSR count). The fraction of sp³-hybridized carbons (Fsp3) is 0.545. The summed E-state index contributed by atoms with van der Waals surface area (Å²) in [5, 5.41) is 29.8. The number of aromatic nitrogens is 4. The molecule has 16 nitrogen and oxygen atoms in total. The number of aliphatic hydroxyl groups is 2. The second kappa shape index (κ2) is 18.1. The highest BCUT2D eigenvalue weighted by molar-refractivity contribution is 7.98. The van der Waals surface area contributed by atoms with Gasteiger partial charge in [-0.25, -0.2) is 19.7 Å². The van der Waals surface area contributed by atoms with Gasteiger partial charge in [-0.1, -0.05) is 43.7 Å². The summed E-state index contributed by atoms with van der Waals surface area (Å²) in [5.74, 6) is -1.05. The van der Waals surface area contributed by atoms with E-state index in [-0.39, 0.29) is 12.3 Å². The van der Waals surface area contributed by atoms with E-state index in [2.05, 4.69) is 30.9 Å². The summed E-state index contributed by atoms with van der Waals surface area (Å²) >= 11 is 1.52. The smallest absolute Gasteiger partial charge is 0.407 e. The molecule has 1 saturated heterocycles. The minimum atomic E-state index is -1.41. The SMILES string of the molecule is CSCC[C@H](NC(=O)[C@@H](CC(=O)CNC(=O)OC[C@H]1O[C@@H](n2cnc3c(NCc4ccc(C)cc4)ncnc32)C(O)[C@H]1O)CC(C)C)C(N)=O. The number of hydrogen-bond acceptors (Lipinski definition) is 13. The van der Waals surface area contributed by atoms with Gasteiger partial charge in [0.15, 0.2) is 29.0 Å². The number of nitrogens with one attached hydrogen (secondary N) is 3. The van der Waals surface area contributed by atoms with Crippen LogP contribution < -0.4 is 21.7 Å². The van der Waals surface area contributed by atoms with Gasteiger partial charge in [-0.05, 0) is 43.3 Å². The number of fused-ring (bicyclic) bond motifs is 1. The zero-order chi connectivity index (χ0) is 36.4. The van der Waals surface area contributed by atoms with Gasteiger partial charge in [0, 0.05) is 18.9 Å².